The first kappa shape index (κ1) is 20.9. The number of halogens is 2. The van der Waals surface area contributed by atoms with Crippen LogP contribution in [0, 0.1) is 5.82 Å². The quantitative estimate of drug-likeness (QED) is 0.481. The summed E-state index contributed by atoms with van der Waals surface area (Å²) in [5.41, 5.74) is 2.60. The maximum atomic E-state index is 13.6. The number of imidazole rings is 1. The molecule has 1 fully saturated rings. The van der Waals surface area contributed by atoms with Crippen molar-refractivity contribution in [1.82, 2.24) is 14.5 Å². The van der Waals surface area contributed by atoms with E-state index in [9.17, 15) is 9.18 Å². The Morgan fingerprint density at radius 3 is 2.77 bits per heavy atom. The van der Waals surface area contributed by atoms with Gasteiger partial charge in [-0.2, -0.15) is 0 Å². The number of carbonyl (C=O) groups is 1. The standard InChI is InChI=1S/C24H27ClFN3O/c1-2-12-28-22-15-18(25)10-11-21(22)27-23(28)16-29(20-8-3-4-9-20)24(30)14-17-6-5-7-19(26)13-17/h5-7,10-11,13,15,20H,2-4,8-9,12,14,16H2,1H3. The van der Waals surface area contributed by atoms with Crippen LogP contribution in [0.2, 0.25) is 5.02 Å². The molecule has 1 heterocycles. The van der Waals surface area contributed by atoms with Gasteiger partial charge in [-0.15, -0.1) is 0 Å². The van der Waals surface area contributed by atoms with Crippen molar-refractivity contribution in [3.05, 3.63) is 64.7 Å². The van der Waals surface area contributed by atoms with Crippen LogP contribution in [0.4, 0.5) is 4.39 Å². The molecule has 1 aromatic heterocycles. The highest BCUT2D eigenvalue weighted by Crippen LogP contribution is 2.28. The highest BCUT2D eigenvalue weighted by atomic mass is 35.5. The summed E-state index contributed by atoms with van der Waals surface area (Å²) in [6.07, 6.45) is 5.45. The molecule has 3 aromatic rings. The number of hydrogen-bond donors (Lipinski definition) is 0. The zero-order valence-corrected chi connectivity index (χ0v) is 18.0. The molecule has 0 bridgehead atoms. The Balaban J connectivity index is 1.65. The first-order valence-electron chi connectivity index (χ1n) is 10.7. The summed E-state index contributed by atoms with van der Waals surface area (Å²) in [6.45, 7) is 3.41. The minimum atomic E-state index is -0.311. The van der Waals surface area contributed by atoms with Gasteiger partial charge in [-0.3, -0.25) is 4.79 Å². The lowest BCUT2D eigenvalue weighted by Gasteiger charge is -2.29. The molecule has 4 rings (SSSR count). The fraction of sp³-hybridized carbons (Fsp3) is 0.417. The second-order valence-electron chi connectivity index (χ2n) is 8.08. The Hall–Kier alpha value is -2.40. The molecule has 6 heteroatoms. The summed E-state index contributed by atoms with van der Waals surface area (Å²) in [5.74, 6) is 0.601. The predicted molar refractivity (Wildman–Crippen MR) is 118 cm³/mol. The van der Waals surface area contributed by atoms with Gasteiger partial charge in [-0.1, -0.05) is 43.5 Å². The predicted octanol–water partition coefficient (Wildman–Crippen LogP) is 5.75. The molecular formula is C24H27ClFN3O. The second-order valence-corrected chi connectivity index (χ2v) is 8.52. The molecule has 0 atom stereocenters. The molecule has 158 valence electrons. The second kappa shape index (κ2) is 9.17. The lowest BCUT2D eigenvalue weighted by Crippen LogP contribution is -2.40. The van der Waals surface area contributed by atoms with E-state index in [-0.39, 0.29) is 24.2 Å². The van der Waals surface area contributed by atoms with Gasteiger partial charge in [0.25, 0.3) is 0 Å². The number of aromatic nitrogens is 2. The van der Waals surface area contributed by atoms with Gasteiger partial charge in [0.15, 0.2) is 0 Å². The topological polar surface area (TPSA) is 38.1 Å². The Bertz CT molecular complexity index is 1040. The molecule has 30 heavy (non-hydrogen) atoms. The summed E-state index contributed by atoms with van der Waals surface area (Å²) in [6, 6.07) is 12.2. The molecule has 1 amide bonds. The molecule has 0 saturated heterocycles. The van der Waals surface area contributed by atoms with Crippen molar-refractivity contribution < 1.29 is 9.18 Å². The highest BCUT2D eigenvalue weighted by Gasteiger charge is 2.28. The van der Waals surface area contributed by atoms with Crippen molar-refractivity contribution >= 4 is 28.5 Å². The van der Waals surface area contributed by atoms with Crippen LogP contribution in [0.15, 0.2) is 42.5 Å². The molecule has 0 aliphatic heterocycles. The lowest BCUT2D eigenvalue weighted by atomic mass is 10.1. The first-order valence-corrected chi connectivity index (χ1v) is 11.1. The zero-order valence-electron chi connectivity index (χ0n) is 17.3. The van der Waals surface area contributed by atoms with Gasteiger partial charge in [-0.25, -0.2) is 9.37 Å². The minimum Gasteiger partial charge on any atom is -0.332 e. The molecule has 4 nitrogen and oxygen atoms in total. The van der Waals surface area contributed by atoms with E-state index in [0.29, 0.717) is 17.1 Å². The molecule has 1 saturated carbocycles. The summed E-state index contributed by atoms with van der Waals surface area (Å²) >= 11 is 6.23. The van der Waals surface area contributed by atoms with Crippen LogP contribution in [0.5, 0.6) is 0 Å². The van der Waals surface area contributed by atoms with Crippen LogP contribution in [0.3, 0.4) is 0 Å². The van der Waals surface area contributed by atoms with Crippen molar-refractivity contribution in [2.45, 2.75) is 64.6 Å². The summed E-state index contributed by atoms with van der Waals surface area (Å²) in [5, 5.41) is 0.682. The largest absolute Gasteiger partial charge is 0.332 e. The van der Waals surface area contributed by atoms with Gasteiger partial charge >= 0.3 is 0 Å². The lowest BCUT2D eigenvalue weighted by molar-refractivity contribution is -0.133. The number of amides is 1. The van der Waals surface area contributed by atoms with E-state index >= 15 is 0 Å². The van der Waals surface area contributed by atoms with Gasteiger partial charge < -0.3 is 9.47 Å². The molecule has 1 aliphatic rings. The number of fused-ring (bicyclic) bond motifs is 1. The molecule has 0 radical (unpaired) electrons. The van der Waals surface area contributed by atoms with E-state index in [1.807, 2.05) is 29.2 Å². The SMILES string of the molecule is CCCn1c(CN(C(=O)Cc2cccc(F)c2)C2CCCC2)nc2ccc(Cl)cc21. The highest BCUT2D eigenvalue weighted by molar-refractivity contribution is 6.31. The van der Waals surface area contributed by atoms with Crippen LogP contribution in [-0.4, -0.2) is 26.4 Å². The van der Waals surface area contributed by atoms with E-state index < -0.39 is 0 Å². The number of carbonyl (C=O) groups excluding carboxylic acids is 1. The maximum absolute atomic E-state index is 13.6. The van der Waals surface area contributed by atoms with E-state index in [0.717, 1.165) is 55.5 Å². The van der Waals surface area contributed by atoms with Gasteiger partial charge in [0.1, 0.15) is 11.6 Å². The average Bonchev–Trinajstić information content (AvgIpc) is 3.35. The average molecular weight is 428 g/mol. The van der Waals surface area contributed by atoms with Gasteiger partial charge in [0.05, 0.1) is 24.0 Å². The normalized spacial score (nSPS) is 14.5. The van der Waals surface area contributed by atoms with Crippen LogP contribution in [0.25, 0.3) is 11.0 Å². The Morgan fingerprint density at radius 1 is 1.23 bits per heavy atom. The van der Waals surface area contributed by atoms with Crippen molar-refractivity contribution in [3.8, 4) is 0 Å². The van der Waals surface area contributed by atoms with Gasteiger partial charge in [0.2, 0.25) is 5.91 Å². The molecule has 0 N–H and O–H groups in total. The van der Waals surface area contributed by atoms with Crippen molar-refractivity contribution in [2.75, 3.05) is 0 Å². The summed E-state index contributed by atoms with van der Waals surface area (Å²) in [7, 11) is 0. The number of hydrogen-bond acceptors (Lipinski definition) is 2. The van der Waals surface area contributed by atoms with E-state index in [4.69, 9.17) is 16.6 Å². The van der Waals surface area contributed by atoms with Crippen LogP contribution >= 0.6 is 11.6 Å². The summed E-state index contributed by atoms with van der Waals surface area (Å²) < 4.78 is 15.8. The number of rotatable bonds is 7. The minimum absolute atomic E-state index is 0.0284. The molecule has 1 aliphatic carbocycles. The number of aryl methyl sites for hydroxylation is 1. The molecule has 0 spiro atoms. The van der Waals surface area contributed by atoms with E-state index in [1.165, 1.54) is 12.1 Å². The number of nitrogens with zero attached hydrogens (tertiary/aromatic N) is 3. The maximum Gasteiger partial charge on any atom is 0.227 e. The third-order valence-corrected chi connectivity index (χ3v) is 6.11. The third kappa shape index (κ3) is 4.51. The van der Waals surface area contributed by atoms with Crippen LogP contribution in [-0.2, 0) is 24.3 Å². The van der Waals surface area contributed by atoms with Crippen molar-refractivity contribution in [2.24, 2.45) is 0 Å². The van der Waals surface area contributed by atoms with Crippen molar-refractivity contribution in [3.63, 3.8) is 0 Å². The molecule has 2 aromatic carbocycles. The Kier molecular flexibility index (Phi) is 6.38. The number of benzene rings is 2. The first-order chi connectivity index (χ1) is 14.5. The van der Waals surface area contributed by atoms with E-state index in [1.54, 1.807) is 6.07 Å². The fourth-order valence-corrected chi connectivity index (χ4v) is 4.62. The van der Waals surface area contributed by atoms with Gasteiger partial charge in [0, 0.05) is 17.6 Å². The van der Waals surface area contributed by atoms with Gasteiger partial charge in [-0.05, 0) is 55.2 Å². The smallest absolute Gasteiger partial charge is 0.227 e. The van der Waals surface area contributed by atoms with Crippen LogP contribution in [0.1, 0.15) is 50.4 Å². The zero-order chi connectivity index (χ0) is 21.1. The Morgan fingerprint density at radius 2 is 2.03 bits per heavy atom. The summed E-state index contributed by atoms with van der Waals surface area (Å²) in [4.78, 5) is 20.1. The molecule has 0 unspecified atom stereocenters. The van der Waals surface area contributed by atoms with E-state index in [2.05, 4.69) is 11.5 Å². The fourth-order valence-electron chi connectivity index (χ4n) is 4.45. The Labute approximate surface area is 181 Å². The van der Waals surface area contributed by atoms with Crippen LogP contribution < -0.4 is 0 Å². The monoisotopic (exact) mass is 427 g/mol. The third-order valence-electron chi connectivity index (χ3n) is 5.88. The van der Waals surface area contributed by atoms with Crippen molar-refractivity contribution in [1.29, 1.82) is 0 Å². The molecular weight excluding hydrogens is 401 g/mol.